The highest BCUT2D eigenvalue weighted by atomic mass is 16.2. The summed E-state index contributed by atoms with van der Waals surface area (Å²) in [6.45, 7) is 5.01. The molecule has 0 aromatic rings. The van der Waals surface area contributed by atoms with Crippen LogP contribution in [0.4, 0.5) is 0 Å². The Balaban J connectivity index is 2.17. The third kappa shape index (κ3) is 1.76. The van der Waals surface area contributed by atoms with Crippen LogP contribution in [0.3, 0.4) is 0 Å². The van der Waals surface area contributed by atoms with E-state index < -0.39 is 0 Å². The van der Waals surface area contributed by atoms with Gasteiger partial charge in [0.1, 0.15) is 11.4 Å². The molecule has 0 radical (unpaired) electrons. The van der Waals surface area contributed by atoms with E-state index in [1.54, 1.807) is 0 Å². The van der Waals surface area contributed by atoms with Gasteiger partial charge < -0.3 is 0 Å². The maximum atomic E-state index is 12.3. The first-order valence-electron chi connectivity index (χ1n) is 6.64. The highest BCUT2D eigenvalue weighted by Crippen LogP contribution is 2.39. The predicted octanol–water partition coefficient (Wildman–Crippen LogP) is 2.75. The van der Waals surface area contributed by atoms with Crippen LogP contribution in [0.1, 0.15) is 58.8 Å². The molecule has 0 atom stereocenters. The van der Waals surface area contributed by atoms with E-state index in [1.165, 1.54) is 0 Å². The Hall–Kier alpha value is -0.860. The van der Waals surface area contributed by atoms with Gasteiger partial charge in [0.25, 0.3) is 5.91 Å². The third-order valence-corrected chi connectivity index (χ3v) is 3.80. The van der Waals surface area contributed by atoms with Crippen molar-refractivity contribution in [1.29, 1.82) is 0 Å². The number of carbonyl (C=O) groups is 1. The molecule has 16 heavy (non-hydrogen) atoms. The maximum absolute atomic E-state index is 12.3. The van der Waals surface area contributed by atoms with Crippen LogP contribution in [0, 0.1) is 0 Å². The second-order valence-electron chi connectivity index (χ2n) is 4.92. The quantitative estimate of drug-likeness (QED) is 0.720. The van der Waals surface area contributed by atoms with E-state index in [2.05, 4.69) is 6.92 Å². The molecule has 1 saturated carbocycles. The monoisotopic (exact) mass is 222 g/mol. The molecule has 1 heterocycles. The van der Waals surface area contributed by atoms with Gasteiger partial charge in [-0.25, -0.2) is 0 Å². The fourth-order valence-corrected chi connectivity index (χ4v) is 2.86. The first-order chi connectivity index (χ1) is 7.73. The number of nitrogens with zero attached hydrogens (tertiary/aromatic N) is 2. The molecule has 1 aliphatic carbocycles. The van der Waals surface area contributed by atoms with Gasteiger partial charge >= 0.3 is 0 Å². The summed E-state index contributed by atoms with van der Waals surface area (Å²) in [5.41, 5.74) is -0.334. The average Bonchev–Trinajstić information content (AvgIpc) is 2.85. The molecule has 0 saturated heterocycles. The minimum absolute atomic E-state index is 0.276. The summed E-state index contributed by atoms with van der Waals surface area (Å²) in [5.74, 6) is 1.33. The van der Waals surface area contributed by atoms with Crippen LogP contribution < -0.4 is 0 Å². The molecule has 1 amide bonds. The van der Waals surface area contributed by atoms with Crippen LogP contribution in [0.25, 0.3) is 0 Å². The molecule has 3 nitrogen and oxygen atoms in total. The molecule has 2 aliphatic rings. The Kier molecular flexibility index (Phi) is 3.31. The second kappa shape index (κ2) is 4.56. The summed E-state index contributed by atoms with van der Waals surface area (Å²) < 4.78 is 0. The number of hydrogen-bond donors (Lipinski definition) is 0. The van der Waals surface area contributed by atoms with Gasteiger partial charge in [-0.1, -0.05) is 26.2 Å². The zero-order valence-electron chi connectivity index (χ0n) is 10.5. The molecule has 0 aromatic heterocycles. The van der Waals surface area contributed by atoms with Crippen molar-refractivity contribution in [1.82, 2.24) is 4.90 Å². The van der Waals surface area contributed by atoms with E-state index >= 15 is 0 Å². The lowest BCUT2D eigenvalue weighted by Crippen LogP contribution is -2.40. The molecule has 0 bridgehead atoms. The van der Waals surface area contributed by atoms with E-state index in [0.717, 1.165) is 57.3 Å². The van der Waals surface area contributed by atoms with E-state index in [4.69, 9.17) is 4.99 Å². The minimum atomic E-state index is -0.334. The van der Waals surface area contributed by atoms with Crippen molar-refractivity contribution in [2.75, 3.05) is 6.54 Å². The standard InChI is InChI=1S/C13H22N2O/c1-3-5-8-11-14-13(9-6-7-10-13)12(16)15(11)4-2/h3-10H2,1-2H3. The number of amides is 1. The largest absolute Gasteiger partial charge is 0.299 e. The van der Waals surface area contributed by atoms with E-state index in [-0.39, 0.29) is 11.4 Å². The van der Waals surface area contributed by atoms with Gasteiger partial charge in [-0.3, -0.25) is 14.7 Å². The van der Waals surface area contributed by atoms with Crippen LogP contribution in [0.2, 0.25) is 0 Å². The van der Waals surface area contributed by atoms with Gasteiger partial charge in [0, 0.05) is 13.0 Å². The number of likely N-dealkylation sites (N-methyl/N-ethyl adjacent to an activating group) is 1. The number of hydrogen-bond acceptors (Lipinski definition) is 2. The Labute approximate surface area is 97.9 Å². The topological polar surface area (TPSA) is 32.7 Å². The number of amidine groups is 1. The van der Waals surface area contributed by atoms with E-state index in [1.807, 2.05) is 11.8 Å². The Morgan fingerprint density at radius 2 is 2.00 bits per heavy atom. The number of aliphatic imine (C=N–C) groups is 1. The molecular weight excluding hydrogens is 200 g/mol. The summed E-state index contributed by atoms with van der Waals surface area (Å²) in [4.78, 5) is 19.0. The summed E-state index contributed by atoms with van der Waals surface area (Å²) in [6.07, 6.45) is 7.53. The summed E-state index contributed by atoms with van der Waals surface area (Å²) in [6, 6.07) is 0. The highest BCUT2D eigenvalue weighted by Gasteiger charge is 2.48. The van der Waals surface area contributed by atoms with Gasteiger partial charge in [0.05, 0.1) is 0 Å². The molecule has 90 valence electrons. The van der Waals surface area contributed by atoms with Crippen LogP contribution in [0.5, 0.6) is 0 Å². The van der Waals surface area contributed by atoms with Crippen molar-refractivity contribution < 1.29 is 4.79 Å². The molecule has 1 fully saturated rings. The lowest BCUT2D eigenvalue weighted by Gasteiger charge is -2.20. The summed E-state index contributed by atoms with van der Waals surface area (Å²) >= 11 is 0. The van der Waals surface area contributed by atoms with Crippen LogP contribution in [-0.2, 0) is 4.79 Å². The van der Waals surface area contributed by atoms with Crippen LogP contribution in [-0.4, -0.2) is 28.7 Å². The average molecular weight is 222 g/mol. The van der Waals surface area contributed by atoms with Crippen molar-refractivity contribution in [2.45, 2.75) is 64.3 Å². The van der Waals surface area contributed by atoms with Crippen molar-refractivity contribution in [3.8, 4) is 0 Å². The number of carbonyl (C=O) groups excluding carboxylic acids is 1. The van der Waals surface area contributed by atoms with Crippen molar-refractivity contribution in [3.63, 3.8) is 0 Å². The van der Waals surface area contributed by atoms with Crippen molar-refractivity contribution >= 4 is 11.7 Å². The summed E-state index contributed by atoms with van der Waals surface area (Å²) in [7, 11) is 0. The molecule has 0 N–H and O–H groups in total. The Morgan fingerprint density at radius 1 is 1.31 bits per heavy atom. The molecule has 1 spiro atoms. The predicted molar refractivity (Wildman–Crippen MR) is 65.5 cm³/mol. The van der Waals surface area contributed by atoms with Crippen molar-refractivity contribution in [2.24, 2.45) is 4.99 Å². The molecule has 2 rings (SSSR count). The first-order valence-corrected chi connectivity index (χ1v) is 6.64. The van der Waals surface area contributed by atoms with Crippen LogP contribution >= 0.6 is 0 Å². The Bertz CT molecular complexity index is 303. The zero-order chi connectivity index (χ0) is 11.6. The van der Waals surface area contributed by atoms with Gasteiger partial charge in [0.2, 0.25) is 0 Å². The molecule has 0 unspecified atom stereocenters. The van der Waals surface area contributed by atoms with E-state index in [9.17, 15) is 4.79 Å². The maximum Gasteiger partial charge on any atom is 0.255 e. The van der Waals surface area contributed by atoms with Crippen molar-refractivity contribution in [3.05, 3.63) is 0 Å². The lowest BCUT2D eigenvalue weighted by atomic mass is 9.98. The SMILES string of the molecule is CCCCC1=NC2(CCCC2)C(=O)N1CC. The second-order valence-corrected chi connectivity index (χ2v) is 4.92. The number of rotatable bonds is 4. The van der Waals surface area contributed by atoms with Gasteiger partial charge in [-0.05, 0) is 26.2 Å². The molecule has 1 aliphatic heterocycles. The smallest absolute Gasteiger partial charge is 0.255 e. The zero-order valence-corrected chi connectivity index (χ0v) is 10.5. The fourth-order valence-electron chi connectivity index (χ4n) is 2.86. The Morgan fingerprint density at radius 3 is 2.56 bits per heavy atom. The fraction of sp³-hybridized carbons (Fsp3) is 0.846. The molecule has 0 aromatic carbocycles. The molecule has 3 heteroatoms. The van der Waals surface area contributed by atoms with Crippen LogP contribution in [0.15, 0.2) is 4.99 Å². The summed E-state index contributed by atoms with van der Waals surface area (Å²) in [5, 5.41) is 0. The van der Waals surface area contributed by atoms with Gasteiger partial charge in [0.15, 0.2) is 0 Å². The first kappa shape index (κ1) is 11.6. The third-order valence-electron chi connectivity index (χ3n) is 3.80. The lowest BCUT2D eigenvalue weighted by molar-refractivity contribution is -0.130. The van der Waals surface area contributed by atoms with Gasteiger partial charge in [-0.2, -0.15) is 0 Å². The number of unbranched alkanes of at least 4 members (excludes halogenated alkanes) is 1. The normalized spacial score (nSPS) is 23.2. The van der Waals surface area contributed by atoms with Gasteiger partial charge in [-0.15, -0.1) is 0 Å². The highest BCUT2D eigenvalue weighted by molar-refractivity contribution is 6.08. The minimum Gasteiger partial charge on any atom is -0.299 e. The van der Waals surface area contributed by atoms with E-state index in [0.29, 0.717) is 0 Å². The molecular formula is C13H22N2O.